The highest BCUT2D eigenvalue weighted by atomic mass is 16.5. The lowest BCUT2D eigenvalue weighted by Gasteiger charge is -2.25. The van der Waals surface area contributed by atoms with Gasteiger partial charge in [-0.25, -0.2) is 0 Å². The summed E-state index contributed by atoms with van der Waals surface area (Å²) in [5.41, 5.74) is 1.98. The Balaban J connectivity index is 2.01. The smallest absolute Gasteiger partial charge is 0.497 e. The number of nitrogens with zero attached hydrogens (tertiary/aromatic N) is 3. The minimum atomic E-state index is -1.84. The van der Waals surface area contributed by atoms with Gasteiger partial charge in [0.2, 0.25) is 17.7 Å². The number of ether oxygens (including phenoxy) is 4. The minimum absolute atomic E-state index is 0.0244. The summed E-state index contributed by atoms with van der Waals surface area (Å²) in [5, 5.41) is 19.4. The largest absolute Gasteiger partial charge is 0.499 e. The van der Waals surface area contributed by atoms with Crippen molar-refractivity contribution < 1.29 is 29.0 Å². The van der Waals surface area contributed by atoms with Crippen molar-refractivity contribution in [3.8, 4) is 23.3 Å². The fourth-order valence-corrected chi connectivity index (χ4v) is 3.19. The third-order valence-corrected chi connectivity index (χ3v) is 4.86. The summed E-state index contributed by atoms with van der Waals surface area (Å²) in [5.74, 6) is 1.88. The van der Waals surface area contributed by atoms with E-state index in [1.165, 1.54) is 14.2 Å². The summed E-state index contributed by atoms with van der Waals surface area (Å²) in [6.07, 6.45) is 0. The van der Waals surface area contributed by atoms with Gasteiger partial charge in [0.25, 0.3) is 0 Å². The van der Waals surface area contributed by atoms with E-state index in [9.17, 15) is 10.0 Å². The first-order valence-electron chi connectivity index (χ1n) is 9.85. The van der Waals surface area contributed by atoms with E-state index in [0.717, 1.165) is 22.6 Å². The first-order chi connectivity index (χ1) is 15.5. The van der Waals surface area contributed by atoms with Gasteiger partial charge in [-0.1, -0.05) is 24.3 Å². The van der Waals surface area contributed by atoms with E-state index < -0.39 is 7.12 Å². The number of benzene rings is 2. The lowest BCUT2D eigenvalue weighted by molar-refractivity contribution is 0.366. The van der Waals surface area contributed by atoms with Crippen LogP contribution in [0.5, 0.6) is 23.3 Å². The van der Waals surface area contributed by atoms with Crippen LogP contribution in [-0.4, -0.2) is 55.6 Å². The van der Waals surface area contributed by atoms with Crippen LogP contribution in [0.2, 0.25) is 0 Å². The number of methoxy groups -OCH3 is 4. The average Bonchev–Trinajstić information content (AvgIpc) is 2.83. The van der Waals surface area contributed by atoms with Gasteiger partial charge in [0.15, 0.2) is 0 Å². The Bertz CT molecular complexity index is 941. The third kappa shape index (κ3) is 5.40. The van der Waals surface area contributed by atoms with Crippen molar-refractivity contribution in [1.29, 1.82) is 0 Å². The molecule has 0 aliphatic rings. The van der Waals surface area contributed by atoms with Crippen molar-refractivity contribution in [2.24, 2.45) is 0 Å². The molecule has 168 valence electrons. The molecule has 9 nitrogen and oxygen atoms in total. The van der Waals surface area contributed by atoms with E-state index >= 15 is 0 Å². The molecule has 0 aliphatic carbocycles. The maximum absolute atomic E-state index is 9.72. The van der Waals surface area contributed by atoms with Gasteiger partial charge >= 0.3 is 7.12 Å². The van der Waals surface area contributed by atoms with E-state index in [-0.39, 0.29) is 17.2 Å². The fraction of sp³-hybridized carbons (Fsp3) is 0.273. The highest BCUT2D eigenvalue weighted by Gasteiger charge is 2.28. The lowest BCUT2D eigenvalue weighted by atomic mass is 9.81. The molecule has 0 aliphatic heterocycles. The predicted octanol–water partition coefficient (Wildman–Crippen LogP) is 1.40. The average molecular weight is 439 g/mol. The SMILES string of the molecule is COc1ccc(CN(Cc2ccc(OC)cc2)c2nc(OC)c(B(O)O)c(OC)n2)cc1. The third-order valence-electron chi connectivity index (χ3n) is 4.86. The summed E-state index contributed by atoms with van der Waals surface area (Å²) >= 11 is 0. The Morgan fingerprint density at radius 1 is 0.688 bits per heavy atom. The molecule has 0 atom stereocenters. The molecular formula is C22H26BN3O6. The Hall–Kier alpha value is -3.50. The van der Waals surface area contributed by atoms with Crippen molar-refractivity contribution in [1.82, 2.24) is 9.97 Å². The monoisotopic (exact) mass is 439 g/mol. The van der Waals surface area contributed by atoms with Gasteiger partial charge in [-0.05, 0) is 35.4 Å². The lowest BCUT2D eigenvalue weighted by Crippen LogP contribution is -2.35. The molecule has 0 unspecified atom stereocenters. The molecule has 0 bridgehead atoms. The molecule has 1 aromatic heterocycles. The van der Waals surface area contributed by atoms with Crippen molar-refractivity contribution in [2.45, 2.75) is 13.1 Å². The maximum atomic E-state index is 9.72. The van der Waals surface area contributed by atoms with Gasteiger partial charge in [0, 0.05) is 13.1 Å². The summed E-state index contributed by atoms with van der Waals surface area (Å²) in [4.78, 5) is 10.8. The van der Waals surface area contributed by atoms with Gasteiger partial charge < -0.3 is 33.9 Å². The Morgan fingerprint density at radius 3 is 1.41 bits per heavy atom. The second kappa shape index (κ2) is 10.7. The summed E-state index contributed by atoms with van der Waals surface area (Å²) in [6, 6.07) is 15.4. The highest BCUT2D eigenvalue weighted by Crippen LogP contribution is 2.24. The second-order valence-electron chi connectivity index (χ2n) is 6.88. The number of rotatable bonds is 10. The van der Waals surface area contributed by atoms with Crippen molar-refractivity contribution in [3.05, 3.63) is 59.7 Å². The topological polar surface area (TPSA) is 106 Å². The highest BCUT2D eigenvalue weighted by molar-refractivity contribution is 6.60. The van der Waals surface area contributed by atoms with Crippen LogP contribution in [0.15, 0.2) is 48.5 Å². The molecule has 2 N–H and O–H groups in total. The minimum Gasteiger partial charge on any atom is -0.497 e. The van der Waals surface area contributed by atoms with Crippen LogP contribution in [0.3, 0.4) is 0 Å². The molecule has 0 saturated heterocycles. The van der Waals surface area contributed by atoms with Crippen LogP contribution in [0.25, 0.3) is 0 Å². The summed E-state index contributed by atoms with van der Waals surface area (Å²) in [6.45, 7) is 0.951. The molecule has 0 radical (unpaired) electrons. The maximum Gasteiger partial charge on any atom is 0.499 e. The fourth-order valence-electron chi connectivity index (χ4n) is 3.19. The summed E-state index contributed by atoms with van der Waals surface area (Å²) in [7, 11) is 4.19. The zero-order valence-corrected chi connectivity index (χ0v) is 18.5. The summed E-state index contributed by atoms with van der Waals surface area (Å²) < 4.78 is 21.1. The molecule has 32 heavy (non-hydrogen) atoms. The van der Waals surface area contributed by atoms with Gasteiger partial charge in [-0.3, -0.25) is 0 Å². The van der Waals surface area contributed by atoms with E-state index in [0.29, 0.717) is 19.0 Å². The number of hydrogen-bond donors (Lipinski definition) is 2. The van der Waals surface area contributed by atoms with Gasteiger partial charge in [-0.15, -0.1) is 0 Å². The first kappa shape index (κ1) is 23.2. The van der Waals surface area contributed by atoms with Crippen LogP contribution in [0.1, 0.15) is 11.1 Å². The number of hydrogen-bond acceptors (Lipinski definition) is 9. The molecule has 2 aromatic carbocycles. The normalized spacial score (nSPS) is 10.4. The quantitative estimate of drug-likeness (QED) is 0.454. The molecule has 10 heteroatoms. The van der Waals surface area contributed by atoms with Gasteiger partial charge in [0.05, 0.1) is 28.4 Å². The molecule has 1 heterocycles. The van der Waals surface area contributed by atoms with E-state index in [4.69, 9.17) is 18.9 Å². The van der Waals surface area contributed by atoms with E-state index in [1.54, 1.807) is 14.2 Å². The van der Waals surface area contributed by atoms with Crippen LogP contribution < -0.4 is 29.3 Å². The van der Waals surface area contributed by atoms with E-state index in [1.807, 2.05) is 53.4 Å². The number of anilines is 1. The predicted molar refractivity (Wildman–Crippen MR) is 121 cm³/mol. The Kier molecular flexibility index (Phi) is 7.75. The van der Waals surface area contributed by atoms with Crippen LogP contribution >= 0.6 is 0 Å². The Morgan fingerprint density at radius 2 is 1.09 bits per heavy atom. The molecule has 0 fully saturated rings. The molecule has 0 saturated carbocycles. The molecule has 3 rings (SSSR count). The number of aromatic nitrogens is 2. The standard InChI is InChI=1S/C22H26BN3O6/c1-29-17-9-5-15(6-10-17)13-26(14-16-7-11-18(30-2)12-8-16)22-24-20(31-3)19(23(27)28)21(25-22)32-4/h5-12,27-28H,13-14H2,1-4H3. The molecule has 3 aromatic rings. The van der Waals surface area contributed by atoms with E-state index in [2.05, 4.69) is 9.97 Å². The molecular weight excluding hydrogens is 413 g/mol. The van der Waals surface area contributed by atoms with Crippen LogP contribution in [-0.2, 0) is 13.1 Å². The van der Waals surface area contributed by atoms with Crippen LogP contribution in [0.4, 0.5) is 5.95 Å². The first-order valence-corrected chi connectivity index (χ1v) is 9.85. The Labute approximate surface area is 187 Å². The van der Waals surface area contributed by atoms with Gasteiger partial charge in [-0.2, -0.15) is 9.97 Å². The zero-order chi connectivity index (χ0) is 23.1. The molecule has 0 spiro atoms. The zero-order valence-electron chi connectivity index (χ0n) is 18.5. The van der Waals surface area contributed by atoms with Crippen molar-refractivity contribution in [3.63, 3.8) is 0 Å². The van der Waals surface area contributed by atoms with Crippen LogP contribution in [0, 0.1) is 0 Å². The van der Waals surface area contributed by atoms with Gasteiger partial charge in [0.1, 0.15) is 17.0 Å². The van der Waals surface area contributed by atoms with Crippen molar-refractivity contribution >= 4 is 18.5 Å². The van der Waals surface area contributed by atoms with Crippen molar-refractivity contribution in [2.75, 3.05) is 33.3 Å². The second-order valence-corrected chi connectivity index (χ2v) is 6.88. The molecule has 0 amide bonds.